The maximum Gasteiger partial charge on any atom is 0.257 e. The van der Waals surface area contributed by atoms with Crippen LogP contribution in [0.5, 0.6) is 0 Å². The average molecular weight is 342 g/mol. The molecule has 5 nitrogen and oxygen atoms in total. The van der Waals surface area contributed by atoms with Gasteiger partial charge in [0, 0.05) is 31.2 Å². The zero-order chi connectivity index (χ0) is 16.8. The molecular weight excluding hydrogens is 320 g/mol. The molecule has 1 N–H and O–H groups in total. The van der Waals surface area contributed by atoms with Crippen molar-refractivity contribution in [1.29, 1.82) is 0 Å². The highest BCUT2D eigenvalue weighted by atomic mass is 32.2. The molecule has 1 amide bonds. The number of likely N-dealkylation sites (tertiary alicyclic amines) is 1. The molecule has 24 heavy (non-hydrogen) atoms. The van der Waals surface area contributed by atoms with E-state index in [-0.39, 0.29) is 5.91 Å². The SMILES string of the molecule is CSC[C@@H]1CCCN(C(=O)c2cnc(Nc3ccccc3)nc2)C1. The van der Waals surface area contributed by atoms with Gasteiger partial charge in [-0.25, -0.2) is 9.97 Å². The van der Waals surface area contributed by atoms with Gasteiger partial charge in [0.25, 0.3) is 5.91 Å². The molecule has 3 rings (SSSR count). The number of piperidine rings is 1. The van der Waals surface area contributed by atoms with Gasteiger partial charge < -0.3 is 10.2 Å². The lowest BCUT2D eigenvalue weighted by Gasteiger charge is -2.32. The fourth-order valence-electron chi connectivity index (χ4n) is 2.96. The van der Waals surface area contributed by atoms with Gasteiger partial charge in [-0.2, -0.15) is 11.8 Å². The summed E-state index contributed by atoms with van der Waals surface area (Å²) in [4.78, 5) is 23.1. The van der Waals surface area contributed by atoms with Gasteiger partial charge in [0.15, 0.2) is 0 Å². The Balaban J connectivity index is 1.63. The Morgan fingerprint density at radius 3 is 2.75 bits per heavy atom. The number of nitrogens with zero attached hydrogens (tertiary/aromatic N) is 3. The van der Waals surface area contributed by atoms with Crippen molar-refractivity contribution in [1.82, 2.24) is 14.9 Å². The van der Waals surface area contributed by atoms with Crippen LogP contribution in [0.15, 0.2) is 42.7 Å². The van der Waals surface area contributed by atoms with Crippen molar-refractivity contribution >= 4 is 29.3 Å². The minimum absolute atomic E-state index is 0.0343. The van der Waals surface area contributed by atoms with Gasteiger partial charge in [0.1, 0.15) is 0 Å². The minimum Gasteiger partial charge on any atom is -0.338 e. The third-order valence-corrected chi connectivity index (χ3v) is 4.94. The highest BCUT2D eigenvalue weighted by molar-refractivity contribution is 7.98. The van der Waals surface area contributed by atoms with E-state index in [9.17, 15) is 4.79 Å². The summed E-state index contributed by atoms with van der Waals surface area (Å²) in [6.07, 6.45) is 7.62. The first-order chi connectivity index (χ1) is 11.8. The number of hydrogen-bond donors (Lipinski definition) is 1. The second kappa shape index (κ2) is 8.15. The molecule has 0 unspecified atom stereocenters. The van der Waals surface area contributed by atoms with Crippen LogP contribution in [0.4, 0.5) is 11.6 Å². The van der Waals surface area contributed by atoms with Crippen LogP contribution in [0.3, 0.4) is 0 Å². The average Bonchev–Trinajstić information content (AvgIpc) is 2.63. The van der Waals surface area contributed by atoms with Crippen LogP contribution in [-0.2, 0) is 0 Å². The molecule has 0 aliphatic carbocycles. The molecule has 1 aliphatic heterocycles. The number of hydrogen-bond acceptors (Lipinski definition) is 5. The lowest BCUT2D eigenvalue weighted by Crippen LogP contribution is -2.40. The summed E-state index contributed by atoms with van der Waals surface area (Å²) >= 11 is 1.85. The predicted octanol–water partition coefficient (Wildman–Crippen LogP) is 3.44. The van der Waals surface area contributed by atoms with Crippen molar-refractivity contribution in [2.45, 2.75) is 12.8 Å². The van der Waals surface area contributed by atoms with E-state index in [1.54, 1.807) is 12.4 Å². The monoisotopic (exact) mass is 342 g/mol. The maximum absolute atomic E-state index is 12.6. The van der Waals surface area contributed by atoms with Crippen molar-refractivity contribution in [2.75, 3.05) is 30.4 Å². The number of benzene rings is 1. The van der Waals surface area contributed by atoms with Crippen LogP contribution in [0.2, 0.25) is 0 Å². The Labute approximate surface area is 146 Å². The molecule has 1 fully saturated rings. The smallest absolute Gasteiger partial charge is 0.257 e. The van der Waals surface area contributed by atoms with Crippen LogP contribution in [0.25, 0.3) is 0 Å². The fourth-order valence-corrected chi connectivity index (χ4v) is 3.70. The van der Waals surface area contributed by atoms with Crippen molar-refractivity contribution in [3.05, 3.63) is 48.3 Å². The first-order valence-electron chi connectivity index (χ1n) is 8.18. The third-order valence-electron chi connectivity index (χ3n) is 4.14. The van der Waals surface area contributed by atoms with Gasteiger partial charge in [-0.1, -0.05) is 18.2 Å². The van der Waals surface area contributed by atoms with Gasteiger partial charge in [-0.15, -0.1) is 0 Å². The van der Waals surface area contributed by atoms with E-state index in [1.807, 2.05) is 47.0 Å². The zero-order valence-electron chi connectivity index (χ0n) is 13.8. The summed E-state index contributed by atoms with van der Waals surface area (Å²) in [6, 6.07) is 9.74. The summed E-state index contributed by atoms with van der Waals surface area (Å²) in [5.41, 5.74) is 1.48. The van der Waals surface area contributed by atoms with E-state index in [2.05, 4.69) is 21.5 Å². The lowest BCUT2D eigenvalue weighted by molar-refractivity contribution is 0.0684. The van der Waals surface area contributed by atoms with E-state index >= 15 is 0 Å². The molecule has 0 radical (unpaired) electrons. The normalized spacial score (nSPS) is 17.5. The molecule has 2 aromatic rings. The molecule has 0 saturated carbocycles. The number of thioether (sulfide) groups is 1. The number of aromatic nitrogens is 2. The number of para-hydroxylation sites is 1. The summed E-state index contributed by atoms with van der Waals surface area (Å²) in [6.45, 7) is 1.66. The number of amides is 1. The number of anilines is 2. The Kier molecular flexibility index (Phi) is 5.69. The van der Waals surface area contributed by atoms with Crippen LogP contribution in [-0.4, -0.2) is 45.9 Å². The number of carbonyl (C=O) groups excluding carboxylic acids is 1. The van der Waals surface area contributed by atoms with E-state index in [0.29, 0.717) is 17.4 Å². The highest BCUT2D eigenvalue weighted by Crippen LogP contribution is 2.21. The van der Waals surface area contributed by atoms with E-state index < -0.39 is 0 Å². The molecule has 1 aliphatic rings. The molecule has 1 atom stereocenters. The molecule has 0 bridgehead atoms. The van der Waals surface area contributed by atoms with Crippen molar-refractivity contribution in [2.24, 2.45) is 5.92 Å². The molecular formula is C18H22N4OS. The topological polar surface area (TPSA) is 58.1 Å². The second-order valence-corrected chi connectivity index (χ2v) is 6.91. The Hall–Kier alpha value is -2.08. The summed E-state index contributed by atoms with van der Waals surface area (Å²) in [5, 5.41) is 3.12. The van der Waals surface area contributed by atoms with Gasteiger partial charge in [-0.3, -0.25) is 4.79 Å². The van der Waals surface area contributed by atoms with Crippen molar-refractivity contribution in [3.63, 3.8) is 0 Å². The molecule has 1 saturated heterocycles. The van der Waals surface area contributed by atoms with Crippen LogP contribution < -0.4 is 5.32 Å². The van der Waals surface area contributed by atoms with Crippen molar-refractivity contribution < 1.29 is 4.79 Å². The Bertz CT molecular complexity index is 660. The molecule has 126 valence electrons. The van der Waals surface area contributed by atoms with E-state index in [0.717, 1.165) is 31.0 Å². The zero-order valence-corrected chi connectivity index (χ0v) is 14.6. The van der Waals surface area contributed by atoms with Crippen LogP contribution in [0.1, 0.15) is 23.2 Å². The van der Waals surface area contributed by atoms with Gasteiger partial charge >= 0.3 is 0 Å². The molecule has 0 spiro atoms. The molecule has 2 heterocycles. The number of rotatable bonds is 5. The molecule has 1 aromatic carbocycles. The number of nitrogens with one attached hydrogen (secondary N) is 1. The third kappa shape index (κ3) is 4.26. The van der Waals surface area contributed by atoms with Gasteiger partial charge in [0.2, 0.25) is 5.95 Å². The fraction of sp³-hybridized carbons (Fsp3) is 0.389. The first-order valence-corrected chi connectivity index (χ1v) is 9.58. The maximum atomic E-state index is 12.6. The molecule has 6 heteroatoms. The quantitative estimate of drug-likeness (QED) is 0.902. The van der Waals surface area contributed by atoms with Crippen LogP contribution in [0, 0.1) is 5.92 Å². The number of carbonyl (C=O) groups is 1. The van der Waals surface area contributed by atoms with E-state index in [1.165, 1.54) is 6.42 Å². The molecule has 1 aromatic heterocycles. The minimum atomic E-state index is 0.0343. The summed E-state index contributed by atoms with van der Waals surface area (Å²) < 4.78 is 0. The standard InChI is InChI=1S/C18H22N4OS/c1-24-13-14-6-5-9-22(12-14)17(23)15-10-19-18(20-11-15)21-16-7-3-2-4-8-16/h2-4,7-8,10-11,14H,5-6,9,12-13H2,1H3,(H,19,20,21)/t14-/m1/s1. The largest absolute Gasteiger partial charge is 0.338 e. The van der Waals surface area contributed by atoms with Gasteiger partial charge in [-0.05, 0) is 42.9 Å². The Morgan fingerprint density at radius 1 is 1.29 bits per heavy atom. The van der Waals surface area contributed by atoms with E-state index in [4.69, 9.17) is 0 Å². The summed E-state index contributed by atoms with van der Waals surface area (Å²) in [5.74, 6) is 2.24. The Morgan fingerprint density at radius 2 is 2.04 bits per heavy atom. The first kappa shape index (κ1) is 16.8. The lowest BCUT2D eigenvalue weighted by atomic mass is 9.99. The van der Waals surface area contributed by atoms with Gasteiger partial charge in [0.05, 0.1) is 5.56 Å². The van der Waals surface area contributed by atoms with Crippen LogP contribution >= 0.6 is 11.8 Å². The second-order valence-electron chi connectivity index (χ2n) is 6.00. The van der Waals surface area contributed by atoms with Crippen molar-refractivity contribution in [3.8, 4) is 0 Å². The predicted molar refractivity (Wildman–Crippen MR) is 98.8 cm³/mol. The highest BCUT2D eigenvalue weighted by Gasteiger charge is 2.24. The summed E-state index contributed by atoms with van der Waals surface area (Å²) in [7, 11) is 0.